The normalized spacial score (nSPS) is 11.9. The first-order chi connectivity index (χ1) is 10.2. The zero-order valence-electron chi connectivity index (χ0n) is 12.5. The maximum absolute atomic E-state index is 12.0. The minimum atomic E-state index is -0.176. The lowest BCUT2D eigenvalue weighted by molar-refractivity contribution is 0.252. The Balaban J connectivity index is 1.87. The van der Waals surface area contributed by atoms with Crippen LogP contribution in [0.4, 0.5) is 10.5 Å². The van der Waals surface area contributed by atoms with Crippen LogP contribution < -0.4 is 10.6 Å². The second kappa shape index (κ2) is 7.47. The molecule has 0 fully saturated rings. The van der Waals surface area contributed by atoms with Gasteiger partial charge in [-0.05, 0) is 24.0 Å². The Morgan fingerprint density at radius 1 is 1.38 bits per heavy atom. The van der Waals surface area contributed by atoms with Gasteiger partial charge in [0.1, 0.15) is 0 Å². The van der Waals surface area contributed by atoms with Gasteiger partial charge in [0.05, 0.1) is 6.33 Å². The molecule has 2 amide bonds. The molecule has 0 saturated heterocycles. The lowest BCUT2D eigenvalue weighted by atomic mass is 9.97. The van der Waals surface area contributed by atoms with E-state index in [1.165, 1.54) is 5.56 Å². The van der Waals surface area contributed by atoms with Gasteiger partial charge in [-0.15, -0.1) is 0 Å². The van der Waals surface area contributed by atoms with Gasteiger partial charge >= 0.3 is 6.03 Å². The van der Waals surface area contributed by atoms with Gasteiger partial charge in [-0.2, -0.15) is 0 Å². The van der Waals surface area contributed by atoms with E-state index in [0.717, 1.165) is 24.2 Å². The fourth-order valence-electron chi connectivity index (χ4n) is 2.16. The van der Waals surface area contributed by atoms with Crippen molar-refractivity contribution >= 4 is 11.7 Å². The predicted molar refractivity (Wildman–Crippen MR) is 84.5 cm³/mol. The zero-order chi connectivity index (χ0) is 15.1. The molecule has 0 aliphatic rings. The molecule has 0 spiro atoms. The van der Waals surface area contributed by atoms with E-state index >= 15 is 0 Å². The third-order valence-corrected chi connectivity index (χ3v) is 3.59. The van der Waals surface area contributed by atoms with Crippen LogP contribution in [0.25, 0.3) is 0 Å². The number of amides is 2. The Kier molecular flexibility index (Phi) is 5.37. The molecule has 2 rings (SSSR count). The van der Waals surface area contributed by atoms with E-state index in [4.69, 9.17) is 0 Å². The van der Waals surface area contributed by atoms with Crippen LogP contribution in [0.5, 0.6) is 0 Å². The summed E-state index contributed by atoms with van der Waals surface area (Å²) < 4.78 is 0. The molecule has 3 N–H and O–H groups in total. The Morgan fingerprint density at radius 3 is 2.90 bits per heavy atom. The van der Waals surface area contributed by atoms with Gasteiger partial charge in [-0.1, -0.05) is 32.0 Å². The standard InChI is InChI=1S/C16H22N4O/c1-3-12(2)14-6-4-5-7-15(14)20-16(21)18-9-8-13-10-17-11-19-13/h4-7,10-12H,3,8-9H2,1-2H3,(H,17,19)(H2,18,20,21)/t12-/m1/s1. The predicted octanol–water partition coefficient (Wildman–Crippen LogP) is 3.29. The molecular weight excluding hydrogens is 264 g/mol. The number of H-pyrrole nitrogens is 1. The molecule has 1 aromatic heterocycles. The minimum absolute atomic E-state index is 0.176. The average molecular weight is 286 g/mol. The van der Waals surface area contributed by atoms with Crippen LogP contribution in [-0.4, -0.2) is 22.5 Å². The third-order valence-electron chi connectivity index (χ3n) is 3.59. The number of rotatable bonds is 6. The molecule has 0 aliphatic carbocycles. The number of aromatic amines is 1. The van der Waals surface area contributed by atoms with Gasteiger partial charge in [0, 0.05) is 30.5 Å². The van der Waals surface area contributed by atoms with Crippen LogP contribution >= 0.6 is 0 Å². The van der Waals surface area contributed by atoms with Crippen molar-refractivity contribution in [2.45, 2.75) is 32.6 Å². The van der Waals surface area contributed by atoms with Crippen molar-refractivity contribution in [1.29, 1.82) is 0 Å². The van der Waals surface area contributed by atoms with Crippen LogP contribution in [0, 0.1) is 0 Å². The van der Waals surface area contributed by atoms with Crippen molar-refractivity contribution in [2.24, 2.45) is 0 Å². The van der Waals surface area contributed by atoms with Gasteiger partial charge in [-0.3, -0.25) is 0 Å². The van der Waals surface area contributed by atoms with E-state index in [9.17, 15) is 4.79 Å². The summed E-state index contributed by atoms with van der Waals surface area (Å²) in [6.07, 6.45) is 5.18. The summed E-state index contributed by atoms with van der Waals surface area (Å²) in [6.45, 7) is 4.88. The number of benzene rings is 1. The number of imidazole rings is 1. The number of carbonyl (C=O) groups is 1. The quantitative estimate of drug-likeness (QED) is 0.762. The Morgan fingerprint density at radius 2 is 2.19 bits per heavy atom. The summed E-state index contributed by atoms with van der Waals surface area (Å²) >= 11 is 0. The van der Waals surface area contributed by atoms with Gasteiger partial charge in [-0.25, -0.2) is 9.78 Å². The van der Waals surface area contributed by atoms with Crippen LogP contribution in [-0.2, 0) is 6.42 Å². The highest BCUT2D eigenvalue weighted by Gasteiger charge is 2.10. The Bertz CT molecular complexity index is 565. The van der Waals surface area contributed by atoms with E-state index < -0.39 is 0 Å². The van der Waals surface area contributed by atoms with Crippen molar-refractivity contribution in [2.75, 3.05) is 11.9 Å². The molecule has 21 heavy (non-hydrogen) atoms. The molecule has 112 valence electrons. The minimum Gasteiger partial charge on any atom is -0.348 e. The van der Waals surface area contributed by atoms with E-state index in [0.29, 0.717) is 12.5 Å². The number of nitrogens with zero attached hydrogens (tertiary/aromatic N) is 1. The number of anilines is 1. The molecule has 1 aromatic carbocycles. The molecule has 5 heteroatoms. The van der Waals surface area contributed by atoms with Crippen LogP contribution in [0.15, 0.2) is 36.8 Å². The van der Waals surface area contributed by atoms with Crippen LogP contribution in [0.3, 0.4) is 0 Å². The topological polar surface area (TPSA) is 69.8 Å². The number of nitrogens with one attached hydrogen (secondary N) is 3. The fourth-order valence-corrected chi connectivity index (χ4v) is 2.16. The summed E-state index contributed by atoms with van der Waals surface area (Å²) in [5, 5.41) is 5.79. The summed E-state index contributed by atoms with van der Waals surface area (Å²) in [6, 6.07) is 7.77. The summed E-state index contributed by atoms with van der Waals surface area (Å²) in [5.41, 5.74) is 3.06. The van der Waals surface area contributed by atoms with E-state index in [2.05, 4.69) is 40.5 Å². The van der Waals surface area contributed by atoms with Crippen LogP contribution in [0.1, 0.15) is 37.4 Å². The summed E-state index contributed by atoms with van der Waals surface area (Å²) in [7, 11) is 0. The van der Waals surface area contributed by atoms with Crippen LogP contribution in [0.2, 0.25) is 0 Å². The first-order valence-corrected chi connectivity index (χ1v) is 7.31. The molecule has 0 bridgehead atoms. The second-order valence-corrected chi connectivity index (χ2v) is 5.10. The lowest BCUT2D eigenvalue weighted by Gasteiger charge is -2.15. The maximum atomic E-state index is 12.0. The Hall–Kier alpha value is -2.30. The first-order valence-electron chi connectivity index (χ1n) is 7.31. The number of carbonyl (C=O) groups excluding carboxylic acids is 1. The maximum Gasteiger partial charge on any atom is 0.319 e. The molecular formula is C16H22N4O. The van der Waals surface area contributed by atoms with Gasteiger partial charge < -0.3 is 15.6 Å². The number of hydrogen-bond acceptors (Lipinski definition) is 2. The second-order valence-electron chi connectivity index (χ2n) is 5.10. The number of hydrogen-bond donors (Lipinski definition) is 3. The summed E-state index contributed by atoms with van der Waals surface area (Å²) in [4.78, 5) is 18.9. The lowest BCUT2D eigenvalue weighted by Crippen LogP contribution is -2.30. The molecule has 0 aliphatic heterocycles. The fraction of sp³-hybridized carbons (Fsp3) is 0.375. The number of para-hydroxylation sites is 1. The van der Waals surface area contributed by atoms with Crippen molar-refractivity contribution < 1.29 is 4.79 Å². The SMILES string of the molecule is CC[C@@H](C)c1ccccc1NC(=O)NCCc1cnc[nH]1. The molecule has 1 heterocycles. The molecule has 0 unspecified atom stereocenters. The average Bonchev–Trinajstić information content (AvgIpc) is 3.00. The van der Waals surface area contributed by atoms with Crippen molar-refractivity contribution in [3.63, 3.8) is 0 Å². The largest absolute Gasteiger partial charge is 0.348 e. The van der Waals surface area contributed by atoms with Crippen molar-refractivity contribution in [3.05, 3.63) is 48.0 Å². The molecule has 1 atom stereocenters. The highest BCUT2D eigenvalue weighted by molar-refractivity contribution is 5.90. The molecule has 0 radical (unpaired) electrons. The molecule has 0 saturated carbocycles. The van der Waals surface area contributed by atoms with Crippen molar-refractivity contribution in [3.8, 4) is 0 Å². The van der Waals surface area contributed by atoms with E-state index in [-0.39, 0.29) is 6.03 Å². The molecule has 2 aromatic rings. The highest BCUT2D eigenvalue weighted by atomic mass is 16.2. The van der Waals surface area contributed by atoms with E-state index in [1.54, 1.807) is 12.5 Å². The number of aromatic nitrogens is 2. The smallest absolute Gasteiger partial charge is 0.319 e. The number of urea groups is 1. The van der Waals surface area contributed by atoms with E-state index in [1.807, 2.05) is 18.2 Å². The molecule has 5 nitrogen and oxygen atoms in total. The highest BCUT2D eigenvalue weighted by Crippen LogP contribution is 2.26. The summed E-state index contributed by atoms with van der Waals surface area (Å²) in [5.74, 6) is 0.423. The Labute approximate surface area is 125 Å². The first kappa shape index (κ1) is 15.1. The third kappa shape index (κ3) is 4.34. The zero-order valence-corrected chi connectivity index (χ0v) is 12.5. The van der Waals surface area contributed by atoms with Gasteiger partial charge in [0.2, 0.25) is 0 Å². The van der Waals surface area contributed by atoms with Gasteiger partial charge in [0.15, 0.2) is 0 Å². The van der Waals surface area contributed by atoms with Crippen molar-refractivity contribution in [1.82, 2.24) is 15.3 Å². The monoisotopic (exact) mass is 286 g/mol. The van der Waals surface area contributed by atoms with Gasteiger partial charge in [0.25, 0.3) is 0 Å².